The molecule has 0 bridgehead atoms. The first kappa shape index (κ1) is 12.0. The number of nitrogens with zero attached hydrogens (tertiary/aromatic N) is 1. The van der Waals surface area contributed by atoms with E-state index in [0.29, 0.717) is 6.61 Å². The highest BCUT2D eigenvalue weighted by atomic mass is 35.5. The lowest BCUT2D eigenvalue weighted by atomic mass is 10.3. The molecule has 4 heteroatoms. The topological polar surface area (TPSA) is 29.5 Å². The van der Waals surface area contributed by atoms with E-state index in [1.54, 1.807) is 32.1 Å². The lowest BCUT2D eigenvalue weighted by Gasteiger charge is -2.09. The zero-order valence-electron chi connectivity index (χ0n) is 8.13. The second kappa shape index (κ2) is 5.65. The van der Waals surface area contributed by atoms with Crippen LogP contribution in [0.15, 0.2) is 23.4 Å². The number of hydrogen-bond acceptors (Lipinski definition) is 3. The van der Waals surface area contributed by atoms with Crippen LogP contribution in [0.2, 0.25) is 0 Å². The molecule has 0 fully saturated rings. The quantitative estimate of drug-likeness (QED) is 0.396. The van der Waals surface area contributed by atoms with Gasteiger partial charge in [-0.2, -0.15) is 0 Å². The fourth-order valence-electron chi connectivity index (χ4n) is 0.701. The summed E-state index contributed by atoms with van der Waals surface area (Å²) in [6, 6.07) is 0. The molecule has 0 aromatic heterocycles. The van der Waals surface area contributed by atoms with Crippen LogP contribution >= 0.6 is 11.6 Å². The maximum absolute atomic E-state index is 11.3. The van der Waals surface area contributed by atoms with Crippen LogP contribution in [0.4, 0.5) is 0 Å². The van der Waals surface area contributed by atoms with Gasteiger partial charge in [-0.05, 0) is 6.92 Å². The van der Waals surface area contributed by atoms with Crippen molar-refractivity contribution < 1.29 is 9.53 Å². The molecule has 0 saturated carbocycles. The predicted molar refractivity (Wildman–Crippen MR) is 53.4 cm³/mol. The molecule has 0 aromatic rings. The Kier molecular flexibility index (Phi) is 5.23. The summed E-state index contributed by atoms with van der Waals surface area (Å²) in [6.45, 7) is 5.55. The van der Waals surface area contributed by atoms with Crippen LogP contribution in [-0.2, 0) is 9.53 Å². The zero-order valence-corrected chi connectivity index (χ0v) is 8.89. The molecular weight excluding hydrogens is 190 g/mol. The lowest BCUT2D eigenvalue weighted by molar-refractivity contribution is -0.138. The molecule has 0 atom stereocenters. The molecule has 74 valence electrons. The standard InChI is InChI=1S/C9H14ClNO2/c1-5-13-9(12)8(7(2)10)6-11(3)4/h6H,2,5H2,1,3-4H3/b8-6+. The van der Waals surface area contributed by atoms with Gasteiger partial charge in [0.05, 0.1) is 12.2 Å². The highest BCUT2D eigenvalue weighted by Gasteiger charge is 2.12. The van der Waals surface area contributed by atoms with E-state index in [9.17, 15) is 4.79 Å². The minimum atomic E-state index is -0.448. The molecular formula is C9H14ClNO2. The predicted octanol–water partition coefficient (Wildman–Crippen LogP) is 1.75. The Bertz CT molecular complexity index is 234. The molecule has 0 unspecified atom stereocenters. The normalized spacial score (nSPS) is 10.9. The average molecular weight is 204 g/mol. The van der Waals surface area contributed by atoms with Crippen LogP contribution < -0.4 is 0 Å². The Balaban J connectivity index is 4.61. The van der Waals surface area contributed by atoms with Gasteiger partial charge in [0.2, 0.25) is 0 Å². The number of esters is 1. The summed E-state index contributed by atoms with van der Waals surface area (Å²) in [5.41, 5.74) is 0.286. The van der Waals surface area contributed by atoms with Crippen molar-refractivity contribution in [3.05, 3.63) is 23.4 Å². The first-order chi connectivity index (χ1) is 5.99. The lowest BCUT2D eigenvalue weighted by Crippen LogP contribution is -2.12. The largest absolute Gasteiger partial charge is 0.462 e. The van der Waals surface area contributed by atoms with E-state index in [-0.39, 0.29) is 10.6 Å². The van der Waals surface area contributed by atoms with Gasteiger partial charge in [0, 0.05) is 25.3 Å². The van der Waals surface area contributed by atoms with E-state index >= 15 is 0 Å². The summed E-state index contributed by atoms with van der Waals surface area (Å²) in [4.78, 5) is 13.0. The first-order valence-corrected chi connectivity index (χ1v) is 4.27. The van der Waals surface area contributed by atoms with Gasteiger partial charge in [0.1, 0.15) is 0 Å². The van der Waals surface area contributed by atoms with Crippen LogP contribution in [0.1, 0.15) is 6.92 Å². The molecule has 0 saturated heterocycles. The number of carbonyl (C=O) groups is 1. The van der Waals surface area contributed by atoms with Crippen molar-refractivity contribution >= 4 is 17.6 Å². The summed E-state index contributed by atoms with van der Waals surface area (Å²) in [7, 11) is 3.58. The zero-order chi connectivity index (χ0) is 10.4. The molecule has 0 heterocycles. The molecule has 0 radical (unpaired) electrons. The van der Waals surface area contributed by atoms with Crippen LogP contribution in [0.5, 0.6) is 0 Å². The molecule has 0 aliphatic heterocycles. The second-order valence-corrected chi connectivity index (χ2v) is 3.09. The van der Waals surface area contributed by atoms with E-state index in [1.165, 1.54) is 0 Å². The summed E-state index contributed by atoms with van der Waals surface area (Å²) in [5, 5.41) is 0.187. The van der Waals surface area contributed by atoms with Crippen LogP contribution in [0.25, 0.3) is 0 Å². The van der Waals surface area contributed by atoms with Crippen LogP contribution in [0, 0.1) is 0 Å². The van der Waals surface area contributed by atoms with Crippen molar-refractivity contribution in [3.8, 4) is 0 Å². The van der Waals surface area contributed by atoms with E-state index in [0.717, 1.165) is 0 Å². The van der Waals surface area contributed by atoms with Crippen molar-refractivity contribution in [2.45, 2.75) is 6.92 Å². The fourth-order valence-corrected chi connectivity index (χ4v) is 0.826. The molecule has 0 spiro atoms. The number of ether oxygens (including phenoxy) is 1. The van der Waals surface area contributed by atoms with Crippen molar-refractivity contribution in [1.82, 2.24) is 4.90 Å². The van der Waals surface area contributed by atoms with Gasteiger partial charge in [-0.25, -0.2) is 4.79 Å². The van der Waals surface area contributed by atoms with Crippen molar-refractivity contribution in [1.29, 1.82) is 0 Å². The summed E-state index contributed by atoms with van der Waals surface area (Å²) >= 11 is 5.63. The molecule has 0 amide bonds. The van der Waals surface area contributed by atoms with Gasteiger partial charge >= 0.3 is 5.97 Å². The Morgan fingerprint density at radius 1 is 1.62 bits per heavy atom. The average Bonchev–Trinajstić information content (AvgIpc) is 1.99. The third-order valence-electron chi connectivity index (χ3n) is 1.17. The highest BCUT2D eigenvalue weighted by molar-refractivity contribution is 6.34. The van der Waals surface area contributed by atoms with E-state index in [1.807, 2.05) is 0 Å². The van der Waals surface area contributed by atoms with Gasteiger partial charge in [0.15, 0.2) is 0 Å². The van der Waals surface area contributed by atoms with Gasteiger partial charge in [-0.3, -0.25) is 0 Å². The van der Waals surface area contributed by atoms with Crippen molar-refractivity contribution in [2.24, 2.45) is 0 Å². The minimum Gasteiger partial charge on any atom is -0.462 e. The molecule has 0 rings (SSSR count). The molecule has 0 aliphatic rings. The maximum Gasteiger partial charge on any atom is 0.341 e. The van der Waals surface area contributed by atoms with E-state index < -0.39 is 5.97 Å². The van der Waals surface area contributed by atoms with E-state index in [4.69, 9.17) is 16.3 Å². The van der Waals surface area contributed by atoms with Gasteiger partial charge in [0.25, 0.3) is 0 Å². The van der Waals surface area contributed by atoms with E-state index in [2.05, 4.69) is 6.58 Å². The Labute approximate surface area is 83.6 Å². The maximum atomic E-state index is 11.3. The number of rotatable bonds is 4. The smallest absolute Gasteiger partial charge is 0.341 e. The Morgan fingerprint density at radius 3 is 2.46 bits per heavy atom. The SMILES string of the molecule is C=C(Cl)/C(=C\N(C)C)C(=O)OCC. The molecule has 0 N–H and O–H groups in total. The van der Waals surface area contributed by atoms with Crippen LogP contribution in [-0.4, -0.2) is 31.6 Å². The monoisotopic (exact) mass is 203 g/mol. The third-order valence-corrected chi connectivity index (χ3v) is 1.38. The van der Waals surface area contributed by atoms with Crippen molar-refractivity contribution in [2.75, 3.05) is 20.7 Å². The number of carbonyl (C=O) groups excluding carboxylic acids is 1. The molecule has 0 aromatic carbocycles. The first-order valence-electron chi connectivity index (χ1n) is 3.89. The minimum absolute atomic E-state index is 0.187. The third kappa shape index (κ3) is 4.58. The van der Waals surface area contributed by atoms with Crippen LogP contribution in [0.3, 0.4) is 0 Å². The molecule has 3 nitrogen and oxygen atoms in total. The highest BCUT2D eigenvalue weighted by Crippen LogP contribution is 2.14. The van der Waals surface area contributed by atoms with Gasteiger partial charge < -0.3 is 9.64 Å². The Morgan fingerprint density at radius 2 is 2.15 bits per heavy atom. The van der Waals surface area contributed by atoms with Gasteiger partial charge in [-0.15, -0.1) is 0 Å². The fraction of sp³-hybridized carbons (Fsp3) is 0.444. The van der Waals surface area contributed by atoms with Gasteiger partial charge in [-0.1, -0.05) is 18.2 Å². The Hall–Kier alpha value is -0.960. The van der Waals surface area contributed by atoms with Crippen molar-refractivity contribution in [3.63, 3.8) is 0 Å². The molecule has 13 heavy (non-hydrogen) atoms. The summed E-state index contributed by atoms with van der Waals surface area (Å²) < 4.78 is 4.79. The second-order valence-electron chi connectivity index (χ2n) is 2.63. The number of halogens is 1. The summed E-state index contributed by atoms with van der Waals surface area (Å²) in [5.74, 6) is -0.448. The molecule has 0 aliphatic carbocycles. The summed E-state index contributed by atoms with van der Waals surface area (Å²) in [6.07, 6.45) is 1.58. The number of hydrogen-bond donors (Lipinski definition) is 0.